The summed E-state index contributed by atoms with van der Waals surface area (Å²) in [5.74, 6) is -0.908. The standard InChI is InChI=1S/C11H11FO3/c1-7-3-8(5-11(14)15-2)9(6-13)4-10(7)12/h3-4,6H,5H2,1-2H3. The summed E-state index contributed by atoms with van der Waals surface area (Å²) in [6.45, 7) is 1.57. The number of benzene rings is 1. The molecule has 0 saturated heterocycles. The Hall–Kier alpha value is -1.71. The van der Waals surface area contributed by atoms with Gasteiger partial charge in [-0.3, -0.25) is 9.59 Å². The lowest BCUT2D eigenvalue weighted by Crippen LogP contribution is -2.07. The van der Waals surface area contributed by atoms with Crippen molar-refractivity contribution in [2.75, 3.05) is 7.11 Å². The maximum Gasteiger partial charge on any atom is 0.310 e. The molecule has 1 aromatic carbocycles. The minimum Gasteiger partial charge on any atom is -0.469 e. The van der Waals surface area contributed by atoms with Crippen LogP contribution in [0.15, 0.2) is 12.1 Å². The number of methoxy groups -OCH3 is 1. The average Bonchev–Trinajstić information content (AvgIpc) is 2.22. The fraction of sp³-hybridized carbons (Fsp3) is 0.273. The van der Waals surface area contributed by atoms with Crippen molar-refractivity contribution in [2.24, 2.45) is 0 Å². The molecule has 15 heavy (non-hydrogen) atoms. The van der Waals surface area contributed by atoms with Gasteiger partial charge >= 0.3 is 5.97 Å². The van der Waals surface area contributed by atoms with Crippen LogP contribution in [0.2, 0.25) is 0 Å². The first-order valence-corrected chi connectivity index (χ1v) is 4.39. The van der Waals surface area contributed by atoms with Crippen LogP contribution < -0.4 is 0 Å². The van der Waals surface area contributed by atoms with Gasteiger partial charge in [0.05, 0.1) is 13.5 Å². The first-order valence-electron chi connectivity index (χ1n) is 4.39. The van der Waals surface area contributed by atoms with E-state index < -0.39 is 11.8 Å². The lowest BCUT2D eigenvalue weighted by molar-refractivity contribution is -0.139. The first-order chi connectivity index (χ1) is 7.08. The van der Waals surface area contributed by atoms with Crippen LogP contribution in [0.25, 0.3) is 0 Å². The molecule has 3 nitrogen and oxygen atoms in total. The summed E-state index contributed by atoms with van der Waals surface area (Å²) in [7, 11) is 1.26. The molecule has 0 heterocycles. The third-order valence-corrected chi connectivity index (χ3v) is 2.11. The van der Waals surface area contributed by atoms with E-state index in [0.29, 0.717) is 17.4 Å². The Labute approximate surface area is 86.9 Å². The fourth-order valence-corrected chi connectivity index (χ4v) is 1.25. The van der Waals surface area contributed by atoms with Crippen molar-refractivity contribution in [1.82, 2.24) is 0 Å². The zero-order chi connectivity index (χ0) is 11.4. The Bertz CT molecular complexity index is 399. The first kappa shape index (κ1) is 11.4. The fourth-order valence-electron chi connectivity index (χ4n) is 1.25. The predicted octanol–water partition coefficient (Wildman–Crippen LogP) is 1.66. The van der Waals surface area contributed by atoms with Gasteiger partial charge in [0.1, 0.15) is 12.1 Å². The zero-order valence-electron chi connectivity index (χ0n) is 8.54. The van der Waals surface area contributed by atoms with Crippen LogP contribution in [0.3, 0.4) is 0 Å². The lowest BCUT2D eigenvalue weighted by atomic mass is 10.0. The number of rotatable bonds is 3. The van der Waals surface area contributed by atoms with Crippen molar-refractivity contribution < 1.29 is 18.7 Å². The summed E-state index contributed by atoms with van der Waals surface area (Å²) in [6.07, 6.45) is 0.506. The van der Waals surface area contributed by atoms with E-state index >= 15 is 0 Å². The van der Waals surface area contributed by atoms with E-state index in [9.17, 15) is 14.0 Å². The van der Waals surface area contributed by atoms with Gasteiger partial charge in [-0.2, -0.15) is 0 Å². The maximum absolute atomic E-state index is 13.1. The molecule has 4 heteroatoms. The quantitative estimate of drug-likeness (QED) is 0.563. The van der Waals surface area contributed by atoms with Crippen LogP contribution in [0, 0.1) is 12.7 Å². The van der Waals surface area contributed by atoms with Gasteiger partial charge in [0.25, 0.3) is 0 Å². The number of hydrogen-bond acceptors (Lipinski definition) is 3. The Morgan fingerprint density at radius 2 is 2.20 bits per heavy atom. The van der Waals surface area contributed by atoms with Crippen LogP contribution in [0.5, 0.6) is 0 Å². The second-order valence-corrected chi connectivity index (χ2v) is 3.17. The summed E-state index contributed by atoms with van der Waals surface area (Å²) in [5.41, 5.74) is 1.07. The summed E-state index contributed by atoms with van der Waals surface area (Å²) in [4.78, 5) is 21.7. The second-order valence-electron chi connectivity index (χ2n) is 3.17. The molecule has 0 aliphatic heterocycles. The van der Waals surface area contributed by atoms with Gasteiger partial charge in [-0.1, -0.05) is 6.07 Å². The summed E-state index contributed by atoms with van der Waals surface area (Å²) in [5, 5.41) is 0. The number of aryl methyl sites for hydroxylation is 1. The monoisotopic (exact) mass is 210 g/mol. The SMILES string of the molecule is COC(=O)Cc1cc(C)c(F)cc1C=O. The number of hydrogen-bond donors (Lipinski definition) is 0. The predicted molar refractivity (Wildman–Crippen MR) is 52.2 cm³/mol. The van der Waals surface area contributed by atoms with Crippen molar-refractivity contribution in [3.8, 4) is 0 Å². The number of halogens is 1. The molecule has 0 bridgehead atoms. The highest BCUT2D eigenvalue weighted by molar-refractivity contribution is 5.82. The molecule has 1 rings (SSSR count). The van der Waals surface area contributed by atoms with E-state index in [4.69, 9.17) is 0 Å². The number of esters is 1. The summed E-state index contributed by atoms with van der Waals surface area (Å²) < 4.78 is 17.6. The van der Waals surface area contributed by atoms with Crippen LogP contribution in [0.4, 0.5) is 4.39 Å². The van der Waals surface area contributed by atoms with Gasteiger partial charge in [-0.05, 0) is 24.1 Å². The largest absolute Gasteiger partial charge is 0.469 e. The van der Waals surface area contributed by atoms with Gasteiger partial charge < -0.3 is 4.74 Å². The molecule has 0 unspecified atom stereocenters. The van der Waals surface area contributed by atoms with E-state index in [1.54, 1.807) is 6.92 Å². The Morgan fingerprint density at radius 3 is 2.73 bits per heavy atom. The zero-order valence-corrected chi connectivity index (χ0v) is 8.54. The van der Waals surface area contributed by atoms with Gasteiger partial charge in [0.2, 0.25) is 0 Å². The molecule has 80 valence electrons. The van der Waals surface area contributed by atoms with E-state index in [1.807, 2.05) is 0 Å². The van der Waals surface area contributed by atoms with Crippen LogP contribution in [0.1, 0.15) is 21.5 Å². The molecule has 0 aromatic heterocycles. The minimum absolute atomic E-state index is 0.0221. The molecule has 0 amide bonds. The van der Waals surface area contributed by atoms with E-state index in [0.717, 1.165) is 6.07 Å². The molecule has 0 saturated carbocycles. The molecule has 0 atom stereocenters. The molecule has 0 fully saturated rings. The highest BCUT2D eigenvalue weighted by Gasteiger charge is 2.10. The van der Waals surface area contributed by atoms with Gasteiger partial charge in [-0.15, -0.1) is 0 Å². The van der Waals surface area contributed by atoms with Crippen molar-refractivity contribution in [1.29, 1.82) is 0 Å². The maximum atomic E-state index is 13.1. The molecule has 0 radical (unpaired) electrons. The Balaban J connectivity index is 3.10. The molecule has 0 spiro atoms. The number of aldehydes is 1. The van der Waals surface area contributed by atoms with Crippen molar-refractivity contribution in [3.05, 3.63) is 34.6 Å². The normalized spacial score (nSPS) is 9.80. The Morgan fingerprint density at radius 1 is 1.53 bits per heavy atom. The van der Waals surface area contributed by atoms with Crippen molar-refractivity contribution >= 4 is 12.3 Å². The summed E-state index contributed by atoms with van der Waals surface area (Å²) in [6, 6.07) is 2.61. The van der Waals surface area contributed by atoms with E-state index in [-0.39, 0.29) is 12.0 Å². The minimum atomic E-state index is -0.455. The van der Waals surface area contributed by atoms with E-state index in [2.05, 4.69) is 4.74 Å². The molecular weight excluding hydrogens is 199 g/mol. The Kier molecular flexibility index (Phi) is 3.55. The molecule has 0 aliphatic rings. The lowest BCUT2D eigenvalue weighted by Gasteiger charge is -2.05. The van der Waals surface area contributed by atoms with Crippen molar-refractivity contribution in [3.63, 3.8) is 0 Å². The van der Waals surface area contributed by atoms with E-state index in [1.165, 1.54) is 13.2 Å². The smallest absolute Gasteiger partial charge is 0.310 e. The average molecular weight is 210 g/mol. The van der Waals surface area contributed by atoms with Gasteiger partial charge in [0, 0.05) is 5.56 Å². The number of carbonyl (C=O) groups excluding carboxylic acids is 2. The third kappa shape index (κ3) is 2.62. The number of ether oxygens (including phenoxy) is 1. The molecule has 0 aliphatic carbocycles. The highest BCUT2D eigenvalue weighted by atomic mass is 19.1. The third-order valence-electron chi connectivity index (χ3n) is 2.11. The molecule has 1 aromatic rings. The van der Waals surface area contributed by atoms with Crippen LogP contribution >= 0.6 is 0 Å². The number of carbonyl (C=O) groups is 2. The molecule has 0 N–H and O–H groups in total. The highest BCUT2D eigenvalue weighted by Crippen LogP contribution is 2.15. The van der Waals surface area contributed by atoms with Crippen molar-refractivity contribution in [2.45, 2.75) is 13.3 Å². The van der Waals surface area contributed by atoms with Crippen LogP contribution in [-0.4, -0.2) is 19.4 Å². The second kappa shape index (κ2) is 4.68. The van der Waals surface area contributed by atoms with Gasteiger partial charge in [-0.25, -0.2) is 4.39 Å². The van der Waals surface area contributed by atoms with Gasteiger partial charge in [0.15, 0.2) is 0 Å². The topological polar surface area (TPSA) is 43.4 Å². The molecular formula is C11H11FO3. The summed E-state index contributed by atoms with van der Waals surface area (Å²) >= 11 is 0. The van der Waals surface area contributed by atoms with Crippen LogP contribution in [-0.2, 0) is 16.0 Å².